The summed E-state index contributed by atoms with van der Waals surface area (Å²) in [4.78, 5) is 0. The molecule has 0 heterocycles. The maximum Gasteiger partial charge on any atom is 0.129 e. The molecule has 4 heteroatoms. The van der Waals surface area contributed by atoms with E-state index in [4.69, 9.17) is 4.74 Å². The van der Waals surface area contributed by atoms with Crippen LogP contribution in [-0.4, -0.2) is 25.8 Å². The highest BCUT2D eigenvalue weighted by atomic mass is 19.1. The van der Waals surface area contributed by atoms with Crippen molar-refractivity contribution >= 4 is 0 Å². The molecule has 0 fully saturated rings. The maximum absolute atomic E-state index is 13.7. The second-order valence-electron chi connectivity index (χ2n) is 4.87. The van der Waals surface area contributed by atoms with E-state index < -0.39 is 11.6 Å². The summed E-state index contributed by atoms with van der Waals surface area (Å²) >= 11 is 0. The van der Waals surface area contributed by atoms with Crippen molar-refractivity contribution in [3.05, 3.63) is 35.4 Å². The Hall–Kier alpha value is -1.00. The molecule has 19 heavy (non-hydrogen) atoms. The van der Waals surface area contributed by atoms with Crippen LogP contribution in [0, 0.1) is 11.6 Å². The number of benzene rings is 1. The van der Waals surface area contributed by atoms with Gasteiger partial charge in [0.25, 0.3) is 0 Å². The van der Waals surface area contributed by atoms with Crippen LogP contribution >= 0.6 is 0 Å². The molecule has 0 radical (unpaired) electrons. The first-order chi connectivity index (χ1) is 9.06. The molecule has 0 aromatic heterocycles. The minimum Gasteiger partial charge on any atom is -0.382 e. The maximum atomic E-state index is 13.7. The molecule has 1 rings (SSSR count). The van der Waals surface area contributed by atoms with Gasteiger partial charge in [0.05, 0.1) is 6.10 Å². The highest BCUT2D eigenvalue weighted by Gasteiger charge is 2.15. The van der Waals surface area contributed by atoms with E-state index in [1.54, 1.807) is 7.11 Å². The average Bonchev–Trinajstić information content (AvgIpc) is 2.38. The fourth-order valence-electron chi connectivity index (χ4n) is 2.04. The molecule has 2 unspecified atom stereocenters. The first-order valence-electron chi connectivity index (χ1n) is 6.76. The van der Waals surface area contributed by atoms with Crippen molar-refractivity contribution in [3.63, 3.8) is 0 Å². The molecular weight excluding hydrogens is 248 g/mol. The second kappa shape index (κ2) is 8.23. The Labute approximate surface area is 114 Å². The molecule has 1 aromatic carbocycles. The van der Waals surface area contributed by atoms with Gasteiger partial charge in [0.15, 0.2) is 0 Å². The van der Waals surface area contributed by atoms with Crippen LogP contribution in [0.15, 0.2) is 18.2 Å². The van der Waals surface area contributed by atoms with Gasteiger partial charge in [0.2, 0.25) is 0 Å². The average molecular weight is 271 g/mol. The van der Waals surface area contributed by atoms with Gasteiger partial charge in [-0.2, -0.15) is 0 Å². The van der Waals surface area contributed by atoms with Crippen LogP contribution in [0.3, 0.4) is 0 Å². The van der Waals surface area contributed by atoms with Gasteiger partial charge < -0.3 is 10.1 Å². The fourth-order valence-corrected chi connectivity index (χ4v) is 2.04. The third-order valence-corrected chi connectivity index (χ3v) is 3.18. The van der Waals surface area contributed by atoms with Crippen LogP contribution in [-0.2, 0) is 11.2 Å². The summed E-state index contributed by atoms with van der Waals surface area (Å²) in [5.41, 5.74) is 0.540. The van der Waals surface area contributed by atoms with E-state index in [0.29, 0.717) is 12.0 Å². The smallest absolute Gasteiger partial charge is 0.129 e. The summed E-state index contributed by atoms with van der Waals surface area (Å²) in [7, 11) is 1.67. The first kappa shape index (κ1) is 16.1. The van der Waals surface area contributed by atoms with Crippen molar-refractivity contribution in [2.24, 2.45) is 0 Å². The molecule has 0 saturated heterocycles. The van der Waals surface area contributed by atoms with Crippen LogP contribution in [0.4, 0.5) is 8.78 Å². The van der Waals surface area contributed by atoms with Gasteiger partial charge in [-0.25, -0.2) is 8.78 Å². The van der Waals surface area contributed by atoms with Crippen molar-refractivity contribution in [1.29, 1.82) is 0 Å². The molecule has 1 N–H and O–H groups in total. The van der Waals surface area contributed by atoms with Crippen LogP contribution in [0.5, 0.6) is 0 Å². The summed E-state index contributed by atoms with van der Waals surface area (Å²) in [6, 6.07) is 3.89. The van der Waals surface area contributed by atoms with E-state index in [9.17, 15) is 8.78 Å². The summed E-state index contributed by atoms with van der Waals surface area (Å²) in [6.45, 7) is 4.95. The standard InChI is InChI=1S/C15H23F2NO/c1-4-7-18-14(8-11(2)19-3)9-12-5-6-13(16)10-15(12)17/h5-6,10-11,14,18H,4,7-9H2,1-3H3. The Morgan fingerprint density at radius 2 is 2.05 bits per heavy atom. The summed E-state index contributed by atoms with van der Waals surface area (Å²) in [5, 5.41) is 3.38. The quantitative estimate of drug-likeness (QED) is 0.783. The minimum atomic E-state index is -0.537. The van der Waals surface area contributed by atoms with Crippen LogP contribution in [0.25, 0.3) is 0 Å². The summed E-state index contributed by atoms with van der Waals surface area (Å²) in [5.74, 6) is -1.02. The van der Waals surface area contributed by atoms with E-state index in [2.05, 4.69) is 12.2 Å². The van der Waals surface area contributed by atoms with Gasteiger partial charge in [-0.3, -0.25) is 0 Å². The largest absolute Gasteiger partial charge is 0.382 e. The molecule has 0 aliphatic carbocycles. The highest BCUT2D eigenvalue weighted by Crippen LogP contribution is 2.14. The van der Waals surface area contributed by atoms with Crippen LogP contribution < -0.4 is 5.32 Å². The van der Waals surface area contributed by atoms with Crippen molar-refractivity contribution in [3.8, 4) is 0 Å². The molecule has 2 atom stereocenters. The zero-order valence-corrected chi connectivity index (χ0v) is 11.9. The zero-order chi connectivity index (χ0) is 14.3. The van der Waals surface area contributed by atoms with Crippen LogP contribution in [0.1, 0.15) is 32.3 Å². The van der Waals surface area contributed by atoms with Crippen molar-refractivity contribution < 1.29 is 13.5 Å². The molecule has 1 aromatic rings. The third-order valence-electron chi connectivity index (χ3n) is 3.18. The van der Waals surface area contributed by atoms with E-state index >= 15 is 0 Å². The van der Waals surface area contributed by atoms with E-state index in [-0.39, 0.29) is 12.1 Å². The lowest BCUT2D eigenvalue weighted by atomic mass is 10.0. The molecule has 0 saturated carbocycles. The van der Waals surface area contributed by atoms with Gasteiger partial charge in [-0.15, -0.1) is 0 Å². The molecule has 0 amide bonds. The Balaban J connectivity index is 2.69. The lowest BCUT2D eigenvalue weighted by molar-refractivity contribution is 0.100. The van der Waals surface area contributed by atoms with Gasteiger partial charge in [-0.05, 0) is 44.4 Å². The lowest BCUT2D eigenvalue weighted by Gasteiger charge is -2.22. The number of methoxy groups -OCH3 is 1. The highest BCUT2D eigenvalue weighted by molar-refractivity contribution is 5.19. The van der Waals surface area contributed by atoms with Gasteiger partial charge in [-0.1, -0.05) is 13.0 Å². The molecule has 0 aliphatic rings. The number of halogens is 2. The van der Waals surface area contributed by atoms with Crippen molar-refractivity contribution in [2.45, 2.75) is 45.3 Å². The predicted molar refractivity (Wildman–Crippen MR) is 73.2 cm³/mol. The normalized spacial score (nSPS) is 14.4. The minimum absolute atomic E-state index is 0.109. The lowest BCUT2D eigenvalue weighted by Crippen LogP contribution is -2.35. The van der Waals surface area contributed by atoms with Gasteiger partial charge in [0.1, 0.15) is 11.6 Å². The van der Waals surface area contributed by atoms with Crippen LogP contribution in [0.2, 0.25) is 0 Å². The monoisotopic (exact) mass is 271 g/mol. The summed E-state index contributed by atoms with van der Waals surface area (Å²) in [6.07, 6.45) is 2.47. The van der Waals surface area contributed by atoms with E-state index in [0.717, 1.165) is 25.5 Å². The molecular formula is C15H23F2NO. The van der Waals surface area contributed by atoms with E-state index in [1.165, 1.54) is 12.1 Å². The zero-order valence-electron chi connectivity index (χ0n) is 11.9. The number of ether oxygens (including phenoxy) is 1. The SMILES string of the molecule is CCCNC(Cc1ccc(F)cc1F)CC(C)OC. The van der Waals surface area contributed by atoms with Crippen molar-refractivity contribution in [2.75, 3.05) is 13.7 Å². The Kier molecular flexibility index (Phi) is 6.95. The van der Waals surface area contributed by atoms with Gasteiger partial charge >= 0.3 is 0 Å². The first-order valence-corrected chi connectivity index (χ1v) is 6.76. The van der Waals surface area contributed by atoms with E-state index in [1.807, 2.05) is 6.92 Å². The predicted octanol–water partition coefficient (Wildman–Crippen LogP) is 3.30. The number of rotatable bonds is 8. The molecule has 0 bridgehead atoms. The summed E-state index contributed by atoms with van der Waals surface area (Å²) < 4.78 is 31.8. The van der Waals surface area contributed by atoms with Gasteiger partial charge in [0, 0.05) is 19.2 Å². The second-order valence-corrected chi connectivity index (χ2v) is 4.87. The Morgan fingerprint density at radius 1 is 1.32 bits per heavy atom. The third kappa shape index (κ3) is 5.66. The number of hydrogen-bond acceptors (Lipinski definition) is 2. The molecule has 108 valence electrons. The Bertz CT molecular complexity index is 384. The van der Waals surface area contributed by atoms with Crippen molar-refractivity contribution in [1.82, 2.24) is 5.32 Å². The molecule has 2 nitrogen and oxygen atoms in total. The fraction of sp³-hybridized carbons (Fsp3) is 0.600. The topological polar surface area (TPSA) is 21.3 Å². The number of nitrogens with one attached hydrogen (secondary N) is 1. The number of hydrogen-bond donors (Lipinski definition) is 1. The molecule has 0 spiro atoms. The Morgan fingerprint density at radius 3 is 2.63 bits per heavy atom. The molecule has 0 aliphatic heterocycles.